The summed E-state index contributed by atoms with van der Waals surface area (Å²) in [5.41, 5.74) is 3.57. The Labute approximate surface area is 215 Å². The minimum atomic E-state index is -4.08. The molecule has 0 heterocycles. The average molecular weight is 522 g/mol. The Kier molecular flexibility index (Phi) is 7.87. The van der Waals surface area contributed by atoms with Crippen LogP contribution >= 0.6 is 11.6 Å². The standard InChI is InChI=1S/C27H24ClN3O4S/c1-2-35-24-14-12-23(13-15-24)31(36(33,34)25-16-10-22(28)11-17-25)19-27(32)30-29-18-21-8-5-7-20-6-3-4-9-26(20)21/h3-18H,2,19H2,1H3,(H,30,32)/b29-18-. The number of nitrogens with one attached hydrogen (secondary N) is 1. The highest BCUT2D eigenvalue weighted by Crippen LogP contribution is 2.26. The van der Waals surface area contributed by atoms with Crippen molar-refractivity contribution in [2.45, 2.75) is 11.8 Å². The summed E-state index contributed by atoms with van der Waals surface area (Å²) in [6.07, 6.45) is 1.54. The van der Waals surface area contributed by atoms with Crippen LogP contribution in [0.15, 0.2) is 101 Å². The summed E-state index contributed by atoms with van der Waals surface area (Å²) >= 11 is 5.93. The number of rotatable bonds is 9. The molecule has 0 radical (unpaired) electrons. The van der Waals surface area contributed by atoms with E-state index in [1.54, 1.807) is 24.3 Å². The number of amides is 1. The summed E-state index contributed by atoms with van der Waals surface area (Å²) in [6.45, 7) is 1.85. The van der Waals surface area contributed by atoms with E-state index in [4.69, 9.17) is 16.3 Å². The molecule has 36 heavy (non-hydrogen) atoms. The van der Waals surface area contributed by atoms with E-state index in [0.29, 0.717) is 23.1 Å². The molecular weight excluding hydrogens is 498 g/mol. The summed E-state index contributed by atoms with van der Waals surface area (Å²) in [7, 11) is -4.08. The number of sulfonamides is 1. The van der Waals surface area contributed by atoms with E-state index in [1.807, 2.05) is 49.4 Å². The summed E-state index contributed by atoms with van der Waals surface area (Å²) < 4.78 is 33.4. The number of carbonyl (C=O) groups is 1. The van der Waals surface area contributed by atoms with Crippen LogP contribution in [0, 0.1) is 0 Å². The molecule has 9 heteroatoms. The predicted molar refractivity (Wildman–Crippen MR) is 143 cm³/mol. The van der Waals surface area contributed by atoms with Gasteiger partial charge in [-0.2, -0.15) is 5.10 Å². The molecule has 0 saturated heterocycles. The van der Waals surface area contributed by atoms with Gasteiger partial charge in [-0.05, 0) is 66.2 Å². The largest absolute Gasteiger partial charge is 0.494 e. The van der Waals surface area contributed by atoms with Gasteiger partial charge in [-0.15, -0.1) is 0 Å². The van der Waals surface area contributed by atoms with Crippen LogP contribution in [0.4, 0.5) is 5.69 Å². The topological polar surface area (TPSA) is 88.1 Å². The first-order chi connectivity index (χ1) is 17.4. The molecule has 184 valence electrons. The van der Waals surface area contributed by atoms with Crippen molar-refractivity contribution in [1.29, 1.82) is 0 Å². The van der Waals surface area contributed by atoms with Gasteiger partial charge in [-0.25, -0.2) is 13.8 Å². The molecule has 0 bridgehead atoms. The Balaban J connectivity index is 1.57. The number of fused-ring (bicyclic) bond motifs is 1. The van der Waals surface area contributed by atoms with E-state index in [9.17, 15) is 13.2 Å². The molecule has 0 unspecified atom stereocenters. The van der Waals surface area contributed by atoms with Gasteiger partial charge in [0.25, 0.3) is 15.9 Å². The Morgan fingerprint density at radius 2 is 1.67 bits per heavy atom. The smallest absolute Gasteiger partial charge is 0.264 e. The molecule has 0 aliphatic heterocycles. The van der Waals surface area contributed by atoms with Crippen molar-refractivity contribution in [3.05, 3.63) is 102 Å². The fourth-order valence-corrected chi connectivity index (χ4v) is 5.17. The summed E-state index contributed by atoms with van der Waals surface area (Å²) in [4.78, 5) is 12.8. The van der Waals surface area contributed by atoms with Crippen molar-refractivity contribution in [3.8, 4) is 5.75 Å². The third-order valence-corrected chi connectivity index (χ3v) is 7.38. The lowest BCUT2D eigenvalue weighted by Crippen LogP contribution is -2.39. The van der Waals surface area contributed by atoms with Gasteiger partial charge in [0.15, 0.2) is 0 Å². The molecule has 7 nitrogen and oxygen atoms in total. The van der Waals surface area contributed by atoms with Gasteiger partial charge < -0.3 is 4.74 Å². The maximum Gasteiger partial charge on any atom is 0.264 e. The number of carbonyl (C=O) groups excluding carboxylic acids is 1. The first kappa shape index (κ1) is 25.2. The summed E-state index contributed by atoms with van der Waals surface area (Å²) in [5.74, 6) is -0.00728. The van der Waals surface area contributed by atoms with Crippen LogP contribution in [0.5, 0.6) is 5.75 Å². The molecular formula is C27H24ClN3O4S. The SMILES string of the molecule is CCOc1ccc(N(CC(=O)N/N=C\c2cccc3ccccc23)S(=O)(=O)c2ccc(Cl)cc2)cc1. The first-order valence-corrected chi connectivity index (χ1v) is 13.0. The van der Waals surface area contributed by atoms with E-state index in [1.165, 1.54) is 30.5 Å². The lowest BCUT2D eigenvalue weighted by molar-refractivity contribution is -0.119. The quantitative estimate of drug-likeness (QED) is 0.241. The van der Waals surface area contributed by atoms with Gasteiger partial charge in [0.1, 0.15) is 12.3 Å². The molecule has 0 aliphatic rings. The summed E-state index contributed by atoms with van der Waals surface area (Å²) in [5, 5.41) is 6.49. The molecule has 4 rings (SSSR count). The van der Waals surface area contributed by atoms with Gasteiger partial charge in [-0.3, -0.25) is 9.10 Å². The fourth-order valence-electron chi connectivity index (χ4n) is 3.63. The van der Waals surface area contributed by atoms with Crippen LogP contribution in [-0.4, -0.2) is 33.7 Å². The number of benzene rings is 4. The van der Waals surface area contributed by atoms with Gasteiger partial charge in [0.05, 0.1) is 23.4 Å². The predicted octanol–water partition coefficient (Wildman–Crippen LogP) is 5.24. The maximum atomic E-state index is 13.5. The lowest BCUT2D eigenvalue weighted by Gasteiger charge is -2.24. The van der Waals surface area contributed by atoms with Crippen LogP contribution in [0.2, 0.25) is 5.02 Å². The number of nitrogens with zero attached hydrogens (tertiary/aromatic N) is 2. The van der Waals surface area contributed by atoms with Crippen molar-refractivity contribution >= 4 is 50.2 Å². The van der Waals surface area contributed by atoms with Crippen LogP contribution in [0.1, 0.15) is 12.5 Å². The van der Waals surface area contributed by atoms with Gasteiger partial charge >= 0.3 is 0 Å². The van der Waals surface area contributed by atoms with Crippen molar-refractivity contribution in [2.75, 3.05) is 17.5 Å². The van der Waals surface area contributed by atoms with E-state index >= 15 is 0 Å². The van der Waals surface area contributed by atoms with E-state index in [2.05, 4.69) is 10.5 Å². The molecule has 0 saturated carbocycles. The minimum Gasteiger partial charge on any atom is -0.494 e. The number of hydrogen-bond donors (Lipinski definition) is 1. The Hall–Kier alpha value is -3.88. The number of hydrazone groups is 1. The maximum absolute atomic E-state index is 13.5. The second-order valence-electron chi connectivity index (χ2n) is 7.75. The molecule has 4 aromatic rings. The molecule has 0 fully saturated rings. The molecule has 0 atom stereocenters. The van der Waals surface area contributed by atoms with E-state index < -0.39 is 22.5 Å². The zero-order valence-corrected chi connectivity index (χ0v) is 21.0. The van der Waals surface area contributed by atoms with Crippen LogP contribution in [0.25, 0.3) is 10.8 Å². The lowest BCUT2D eigenvalue weighted by atomic mass is 10.1. The zero-order chi connectivity index (χ0) is 25.5. The molecule has 1 N–H and O–H groups in total. The highest BCUT2D eigenvalue weighted by molar-refractivity contribution is 7.92. The summed E-state index contributed by atoms with van der Waals surface area (Å²) in [6, 6.07) is 25.8. The third-order valence-electron chi connectivity index (χ3n) is 5.34. The molecule has 0 aliphatic carbocycles. The number of anilines is 1. The average Bonchev–Trinajstić information content (AvgIpc) is 2.88. The van der Waals surface area contributed by atoms with Crippen molar-refractivity contribution in [1.82, 2.24) is 5.43 Å². The Morgan fingerprint density at radius 3 is 2.39 bits per heavy atom. The van der Waals surface area contributed by atoms with E-state index in [-0.39, 0.29) is 4.90 Å². The Morgan fingerprint density at radius 1 is 0.972 bits per heavy atom. The van der Waals surface area contributed by atoms with E-state index in [0.717, 1.165) is 20.6 Å². The second kappa shape index (κ2) is 11.2. The normalized spacial score (nSPS) is 11.5. The first-order valence-electron chi connectivity index (χ1n) is 11.2. The second-order valence-corrected chi connectivity index (χ2v) is 10.1. The monoisotopic (exact) mass is 521 g/mol. The van der Waals surface area contributed by atoms with Crippen LogP contribution in [0.3, 0.4) is 0 Å². The Bertz CT molecular complexity index is 1480. The molecule has 4 aromatic carbocycles. The molecule has 1 amide bonds. The number of ether oxygens (including phenoxy) is 1. The highest BCUT2D eigenvalue weighted by Gasteiger charge is 2.27. The number of hydrogen-bond acceptors (Lipinski definition) is 5. The van der Waals surface area contributed by atoms with Gasteiger partial charge in [0, 0.05) is 10.6 Å². The molecule has 0 aromatic heterocycles. The van der Waals surface area contributed by atoms with Crippen LogP contribution in [-0.2, 0) is 14.8 Å². The minimum absolute atomic E-state index is 0.00726. The number of halogens is 1. The van der Waals surface area contributed by atoms with Crippen LogP contribution < -0.4 is 14.5 Å². The van der Waals surface area contributed by atoms with Crippen molar-refractivity contribution < 1.29 is 17.9 Å². The van der Waals surface area contributed by atoms with Crippen molar-refractivity contribution in [2.24, 2.45) is 5.10 Å². The molecule has 0 spiro atoms. The fraction of sp³-hybridized carbons (Fsp3) is 0.111. The highest BCUT2D eigenvalue weighted by atomic mass is 35.5. The third kappa shape index (κ3) is 5.84. The van der Waals surface area contributed by atoms with Gasteiger partial charge in [0.2, 0.25) is 0 Å². The zero-order valence-electron chi connectivity index (χ0n) is 19.5. The van der Waals surface area contributed by atoms with Crippen molar-refractivity contribution in [3.63, 3.8) is 0 Å². The van der Waals surface area contributed by atoms with Gasteiger partial charge in [-0.1, -0.05) is 54.1 Å².